The predicted molar refractivity (Wildman–Crippen MR) is 148 cm³/mol. The van der Waals surface area contributed by atoms with Crippen molar-refractivity contribution < 1.29 is 14.3 Å². The molecule has 1 heterocycles. The van der Waals surface area contributed by atoms with Crippen molar-refractivity contribution in [1.82, 2.24) is 5.32 Å². The van der Waals surface area contributed by atoms with Crippen LogP contribution >= 0.6 is 57.6 Å². The number of methoxy groups -OCH3 is 1. The molecular weight excluding hydrogens is 606 g/mol. The van der Waals surface area contributed by atoms with E-state index in [0.717, 1.165) is 25.9 Å². The summed E-state index contributed by atoms with van der Waals surface area (Å²) >= 11 is 15.7. The molecule has 0 unspecified atom stereocenters. The number of halogens is 3. The largest absolute Gasteiger partial charge is 0.493 e. The van der Waals surface area contributed by atoms with E-state index >= 15 is 0 Å². The third-order valence-electron chi connectivity index (χ3n) is 4.85. The highest BCUT2D eigenvalue weighted by molar-refractivity contribution is 14.1. The maximum atomic E-state index is 12.5. The molecule has 0 bridgehead atoms. The fraction of sp³-hybridized carbons (Fsp3) is 0.120. The monoisotopic (exact) mass is 624 g/mol. The van der Waals surface area contributed by atoms with Gasteiger partial charge in [-0.15, -0.1) is 0 Å². The van der Waals surface area contributed by atoms with Crippen LogP contribution in [-0.2, 0) is 11.4 Å². The van der Waals surface area contributed by atoms with Gasteiger partial charge in [-0.25, -0.2) is 4.99 Å². The fourth-order valence-corrected chi connectivity index (χ4v) is 5.21. The Morgan fingerprint density at radius 1 is 1.12 bits per heavy atom. The van der Waals surface area contributed by atoms with Crippen molar-refractivity contribution in [3.8, 4) is 11.5 Å². The quantitative estimate of drug-likeness (QED) is 0.230. The van der Waals surface area contributed by atoms with Gasteiger partial charge >= 0.3 is 0 Å². The van der Waals surface area contributed by atoms with E-state index in [-0.39, 0.29) is 12.5 Å². The van der Waals surface area contributed by atoms with Crippen molar-refractivity contribution in [3.05, 3.63) is 89.8 Å². The molecule has 0 saturated carbocycles. The highest BCUT2D eigenvalue weighted by Gasteiger charge is 2.24. The normalized spacial score (nSPS) is 15.6. The zero-order valence-electron chi connectivity index (χ0n) is 18.2. The van der Waals surface area contributed by atoms with Crippen molar-refractivity contribution >= 4 is 80.4 Å². The maximum Gasteiger partial charge on any atom is 0.264 e. The Labute approximate surface area is 225 Å². The van der Waals surface area contributed by atoms with Gasteiger partial charge in [0, 0.05) is 15.6 Å². The van der Waals surface area contributed by atoms with E-state index in [4.69, 9.17) is 32.7 Å². The number of hydrogen-bond donors (Lipinski definition) is 1. The van der Waals surface area contributed by atoms with Crippen molar-refractivity contribution in [1.29, 1.82) is 0 Å². The van der Waals surface area contributed by atoms with Crippen LogP contribution in [0.1, 0.15) is 16.7 Å². The Morgan fingerprint density at radius 3 is 2.59 bits per heavy atom. The summed E-state index contributed by atoms with van der Waals surface area (Å²) in [6.45, 7) is 2.28. The molecule has 5 nitrogen and oxygen atoms in total. The molecule has 1 N–H and O–H groups in total. The molecule has 3 aromatic carbocycles. The molecule has 1 fully saturated rings. The van der Waals surface area contributed by atoms with Crippen molar-refractivity contribution in [3.63, 3.8) is 0 Å². The minimum absolute atomic E-state index is 0.192. The molecular formula is C25H19Cl2IN2O3S. The summed E-state index contributed by atoms with van der Waals surface area (Å²) in [5, 5.41) is 4.46. The number of carbonyl (C=O) groups is 1. The molecule has 4 rings (SSSR count). The standard InChI is InChI=1S/C25H19Cl2IN2O3S/c1-14-3-7-18(8-4-14)29-25-30-24(31)22(34-25)11-15-9-20(28)23(21(10-15)32-2)33-13-16-5-6-17(26)12-19(16)27/h3-12H,13H2,1-2H3,(H,29,30,31)/b22-11-. The highest BCUT2D eigenvalue weighted by atomic mass is 127. The summed E-state index contributed by atoms with van der Waals surface area (Å²) in [4.78, 5) is 17.6. The second kappa shape index (κ2) is 11.0. The first kappa shape index (κ1) is 24.9. The Bertz CT molecular complexity index is 1310. The minimum atomic E-state index is -0.192. The van der Waals surface area contributed by atoms with Gasteiger partial charge in [0.1, 0.15) is 6.61 Å². The van der Waals surface area contributed by atoms with Gasteiger partial charge < -0.3 is 14.8 Å². The lowest BCUT2D eigenvalue weighted by molar-refractivity contribution is -0.115. The van der Waals surface area contributed by atoms with Crippen LogP contribution in [0.3, 0.4) is 0 Å². The van der Waals surface area contributed by atoms with E-state index in [0.29, 0.717) is 31.6 Å². The average molecular weight is 625 g/mol. The van der Waals surface area contributed by atoms with E-state index in [1.807, 2.05) is 55.5 Å². The number of rotatable bonds is 6. The van der Waals surface area contributed by atoms with Crippen LogP contribution in [0.15, 0.2) is 64.5 Å². The molecule has 34 heavy (non-hydrogen) atoms. The zero-order valence-corrected chi connectivity index (χ0v) is 22.7. The molecule has 1 amide bonds. The van der Waals surface area contributed by atoms with Gasteiger partial charge in [0.25, 0.3) is 5.91 Å². The Hall–Kier alpha value is -2.20. The van der Waals surface area contributed by atoms with Gasteiger partial charge in [0.2, 0.25) is 0 Å². The first-order chi connectivity index (χ1) is 16.3. The molecule has 0 aliphatic carbocycles. The smallest absolute Gasteiger partial charge is 0.264 e. The number of aryl methyl sites for hydroxylation is 1. The predicted octanol–water partition coefficient (Wildman–Crippen LogP) is 7.39. The Kier molecular flexibility index (Phi) is 8.08. The summed E-state index contributed by atoms with van der Waals surface area (Å²) in [5.74, 6) is 0.963. The number of nitrogens with zero attached hydrogens (tertiary/aromatic N) is 1. The summed E-state index contributed by atoms with van der Waals surface area (Å²) < 4.78 is 12.4. The van der Waals surface area contributed by atoms with Crippen LogP contribution in [0.25, 0.3) is 6.08 Å². The summed E-state index contributed by atoms with van der Waals surface area (Å²) in [5.41, 5.74) is 3.56. The van der Waals surface area contributed by atoms with Crippen molar-refractivity contribution in [2.75, 3.05) is 7.11 Å². The number of amides is 1. The van der Waals surface area contributed by atoms with Gasteiger partial charge in [-0.2, -0.15) is 0 Å². The second-order valence-corrected chi connectivity index (χ2v) is 10.4. The van der Waals surface area contributed by atoms with Gasteiger partial charge in [-0.05, 0) is 89.3 Å². The molecule has 9 heteroatoms. The number of benzene rings is 3. The lowest BCUT2D eigenvalue weighted by Crippen LogP contribution is -2.19. The van der Waals surface area contributed by atoms with Crippen LogP contribution < -0.4 is 14.8 Å². The lowest BCUT2D eigenvalue weighted by Gasteiger charge is -2.14. The average Bonchev–Trinajstić information content (AvgIpc) is 3.13. The lowest BCUT2D eigenvalue weighted by atomic mass is 10.2. The van der Waals surface area contributed by atoms with Gasteiger partial charge in [-0.1, -0.05) is 47.0 Å². The molecule has 0 radical (unpaired) electrons. The highest BCUT2D eigenvalue weighted by Crippen LogP contribution is 2.37. The van der Waals surface area contributed by atoms with Crippen LogP contribution in [0.5, 0.6) is 11.5 Å². The third-order valence-corrected chi connectivity index (χ3v) is 7.15. The van der Waals surface area contributed by atoms with E-state index in [2.05, 4.69) is 32.9 Å². The Balaban J connectivity index is 1.53. The fourth-order valence-electron chi connectivity index (χ4n) is 3.12. The molecule has 1 aliphatic heterocycles. The van der Waals surface area contributed by atoms with Crippen LogP contribution in [0, 0.1) is 10.5 Å². The number of aliphatic imine (C=N–C) groups is 1. The molecule has 0 aromatic heterocycles. The van der Waals surface area contributed by atoms with Crippen molar-refractivity contribution in [2.45, 2.75) is 13.5 Å². The SMILES string of the molecule is COc1cc(/C=C2\SC(=Nc3ccc(C)cc3)NC2=O)cc(I)c1OCc1ccc(Cl)cc1Cl. The number of amidine groups is 1. The number of carbonyl (C=O) groups excluding carboxylic acids is 1. The molecule has 0 atom stereocenters. The van der Waals surface area contributed by atoms with E-state index in [1.165, 1.54) is 11.8 Å². The van der Waals surface area contributed by atoms with Crippen LogP contribution in [0.2, 0.25) is 10.0 Å². The number of ether oxygens (including phenoxy) is 2. The molecule has 174 valence electrons. The first-order valence-corrected chi connectivity index (χ1v) is 12.8. The van der Waals surface area contributed by atoms with Gasteiger partial charge in [0.05, 0.1) is 21.3 Å². The third kappa shape index (κ3) is 6.07. The van der Waals surface area contributed by atoms with E-state index in [9.17, 15) is 4.79 Å². The Morgan fingerprint density at radius 2 is 1.88 bits per heavy atom. The summed E-state index contributed by atoms with van der Waals surface area (Å²) in [7, 11) is 1.58. The minimum Gasteiger partial charge on any atom is -0.493 e. The number of nitrogens with one attached hydrogen (secondary N) is 1. The van der Waals surface area contributed by atoms with Crippen molar-refractivity contribution in [2.24, 2.45) is 4.99 Å². The summed E-state index contributed by atoms with van der Waals surface area (Å²) in [6.07, 6.45) is 1.81. The number of hydrogen-bond acceptors (Lipinski definition) is 5. The van der Waals surface area contributed by atoms with Crippen LogP contribution in [0.4, 0.5) is 5.69 Å². The van der Waals surface area contributed by atoms with E-state index < -0.39 is 0 Å². The first-order valence-electron chi connectivity index (χ1n) is 10.1. The number of thioether (sulfide) groups is 1. The zero-order chi connectivity index (χ0) is 24.2. The summed E-state index contributed by atoms with van der Waals surface area (Å²) in [6, 6.07) is 16.8. The maximum absolute atomic E-state index is 12.5. The molecule has 0 spiro atoms. The second-order valence-electron chi connectivity index (χ2n) is 7.38. The van der Waals surface area contributed by atoms with E-state index in [1.54, 1.807) is 19.2 Å². The molecule has 1 saturated heterocycles. The molecule has 3 aromatic rings. The van der Waals surface area contributed by atoms with Crippen LogP contribution in [-0.4, -0.2) is 18.2 Å². The molecule has 1 aliphatic rings. The van der Waals surface area contributed by atoms with Gasteiger partial charge in [0.15, 0.2) is 16.7 Å². The van der Waals surface area contributed by atoms with Gasteiger partial charge in [-0.3, -0.25) is 4.79 Å². The topological polar surface area (TPSA) is 59.9 Å².